The van der Waals surface area contributed by atoms with Crippen molar-refractivity contribution < 1.29 is 0 Å². The molecule has 3 heterocycles. The summed E-state index contributed by atoms with van der Waals surface area (Å²) in [6.07, 6.45) is 0. The molecule has 2 nitrogen and oxygen atoms in total. The number of rotatable bonds is 6. The summed E-state index contributed by atoms with van der Waals surface area (Å²) in [6.45, 7) is 0. The molecule has 58 heavy (non-hydrogen) atoms. The van der Waals surface area contributed by atoms with Crippen molar-refractivity contribution in [2.45, 2.75) is 0 Å². The molecule has 9 aromatic carbocycles. The van der Waals surface area contributed by atoms with Crippen LogP contribution in [0, 0.1) is 0 Å². The van der Waals surface area contributed by atoms with Crippen molar-refractivity contribution in [2.24, 2.45) is 0 Å². The monoisotopic (exact) mass is 772 g/mol. The fourth-order valence-electron chi connectivity index (χ4n) is 9.81. The fraction of sp³-hybridized carbons (Fsp3) is 0. The number of para-hydroxylation sites is 3. The van der Waals surface area contributed by atoms with Crippen molar-refractivity contribution in [3.8, 4) is 11.4 Å². The zero-order chi connectivity index (χ0) is 38.2. The molecule has 0 fully saturated rings. The predicted molar refractivity (Wildman–Crippen MR) is 252 cm³/mol. The molecule has 12 rings (SSSR count). The Kier molecular flexibility index (Phi) is 7.46. The minimum absolute atomic E-state index is 1.17. The lowest BCUT2D eigenvalue weighted by atomic mass is 10.1. The highest BCUT2D eigenvalue weighted by molar-refractivity contribution is 7.26. The first-order valence-corrected chi connectivity index (χ1v) is 22.8. The summed E-state index contributed by atoms with van der Waals surface area (Å²) < 4.78 is 7.60. The van der Waals surface area contributed by atoms with Gasteiger partial charge in [-0.05, 0) is 75.3 Å². The molecule has 4 heteroatoms. The van der Waals surface area contributed by atoms with Gasteiger partial charge in [0, 0.05) is 53.1 Å². The molecule has 0 saturated heterocycles. The molecule has 0 aliphatic rings. The summed E-state index contributed by atoms with van der Waals surface area (Å²) in [5.41, 5.74) is 7.24. The van der Waals surface area contributed by atoms with Crippen LogP contribution >= 0.6 is 11.3 Å². The predicted octanol–water partition coefficient (Wildman–Crippen LogP) is 11.6. The maximum atomic E-state index is 2.51. The van der Waals surface area contributed by atoms with Gasteiger partial charge in [-0.1, -0.05) is 164 Å². The lowest BCUT2D eigenvalue weighted by Crippen LogP contribution is -2.74. The Labute approximate surface area is 341 Å². The molecular formula is C54H36N2SSi. The first kappa shape index (κ1) is 33.2. The molecule has 0 atom stereocenters. The van der Waals surface area contributed by atoms with Crippen LogP contribution in [0.4, 0.5) is 0 Å². The summed E-state index contributed by atoms with van der Waals surface area (Å²) in [4.78, 5) is 0. The Hall–Kier alpha value is -6.98. The molecule has 12 aromatic rings. The Balaban J connectivity index is 1.12. The van der Waals surface area contributed by atoms with Crippen LogP contribution in [0.3, 0.4) is 0 Å². The number of aromatic nitrogens is 2. The van der Waals surface area contributed by atoms with E-state index < -0.39 is 8.07 Å². The third-order valence-electron chi connectivity index (χ3n) is 12.3. The Bertz CT molecular complexity index is 3450. The topological polar surface area (TPSA) is 9.86 Å². The zero-order valence-electron chi connectivity index (χ0n) is 31.6. The van der Waals surface area contributed by atoms with Gasteiger partial charge in [-0.3, -0.25) is 0 Å². The molecule has 0 unspecified atom stereocenters. The maximum absolute atomic E-state index is 2.88. The molecule has 3 aromatic heterocycles. The van der Waals surface area contributed by atoms with E-state index in [0.717, 1.165) is 0 Å². The first-order valence-electron chi connectivity index (χ1n) is 19.9. The summed E-state index contributed by atoms with van der Waals surface area (Å²) >= 11 is 1.91. The quantitative estimate of drug-likeness (QED) is 0.118. The smallest absolute Gasteiger partial charge is 0.179 e. The highest BCUT2D eigenvalue weighted by Gasteiger charge is 2.42. The average Bonchev–Trinajstić information content (AvgIpc) is 3.96. The Morgan fingerprint density at radius 1 is 0.310 bits per heavy atom. The molecule has 0 saturated carbocycles. The van der Waals surface area contributed by atoms with Crippen LogP contribution in [-0.4, -0.2) is 17.2 Å². The molecule has 0 radical (unpaired) electrons. The van der Waals surface area contributed by atoms with Gasteiger partial charge in [0.25, 0.3) is 0 Å². The van der Waals surface area contributed by atoms with Gasteiger partial charge in [0.1, 0.15) is 0 Å². The molecule has 0 N–H and O–H groups in total. The average molecular weight is 773 g/mol. The van der Waals surface area contributed by atoms with Crippen molar-refractivity contribution in [2.75, 3.05) is 0 Å². The lowest BCUT2D eigenvalue weighted by molar-refractivity contribution is 1.18. The van der Waals surface area contributed by atoms with Crippen LogP contribution in [-0.2, 0) is 0 Å². The summed E-state index contributed by atoms with van der Waals surface area (Å²) in [5, 5.41) is 13.2. The fourth-order valence-corrected chi connectivity index (χ4v) is 15.8. The largest absolute Gasteiger partial charge is 0.309 e. The third-order valence-corrected chi connectivity index (χ3v) is 18.3. The lowest BCUT2D eigenvalue weighted by Gasteiger charge is -2.34. The molecule has 0 aliphatic heterocycles. The summed E-state index contributed by atoms with van der Waals surface area (Å²) in [5.74, 6) is 0. The highest BCUT2D eigenvalue weighted by Crippen LogP contribution is 2.43. The second-order valence-corrected chi connectivity index (χ2v) is 20.1. The minimum atomic E-state index is -2.88. The molecule has 0 spiro atoms. The summed E-state index contributed by atoms with van der Waals surface area (Å²) in [6, 6.07) is 81.4. The van der Waals surface area contributed by atoms with E-state index in [0.29, 0.717) is 0 Å². The van der Waals surface area contributed by atoms with Crippen LogP contribution in [0.1, 0.15) is 0 Å². The highest BCUT2D eigenvalue weighted by atomic mass is 32.1. The van der Waals surface area contributed by atoms with E-state index in [2.05, 4.69) is 228 Å². The normalized spacial score (nSPS) is 12.1. The van der Waals surface area contributed by atoms with E-state index in [9.17, 15) is 0 Å². The van der Waals surface area contributed by atoms with Crippen LogP contribution in [0.15, 0.2) is 218 Å². The van der Waals surface area contributed by atoms with Crippen molar-refractivity contribution in [1.82, 2.24) is 9.13 Å². The van der Waals surface area contributed by atoms with Crippen molar-refractivity contribution in [3.63, 3.8) is 0 Å². The van der Waals surface area contributed by atoms with Gasteiger partial charge >= 0.3 is 0 Å². The standard InChI is InChI=1S/C54H36N2SSi/c1-4-16-37(17-5-1)56-48-25-13-10-22-43(48)44-33-32-42(36-51(44)56)58(39-18-6-2-7-19-39,40-20-8-3-9-21-40)41-30-28-38(29-31-41)55-49-26-14-11-24-47(49)53-50(55)35-34-46-45-23-12-15-27-52(45)57-54(46)53/h1-36H. The SMILES string of the molecule is c1ccc(-n2c3ccccc3c3ccc([Si](c4ccccc4)(c4ccccc4)c4ccc(-n5c6ccccc6c6c7sc8ccccc8c7ccc65)cc4)cc32)cc1. The van der Waals surface area contributed by atoms with Gasteiger partial charge < -0.3 is 9.13 Å². The number of benzene rings is 9. The first-order chi connectivity index (χ1) is 28.8. The number of nitrogens with zero attached hydrogens (tertiary/aromatic N) is 2. The van der Waals surface area contributed by atoms with E-state index in [4.69, 9.17) is 0 Å². The van der Waals surface area contributed by atoms with E-state index in [1.54, 1.807) is 0 Å². The third kappa shape index (κ3) is 4.76. The van der Waals surface area contributed by atoms with Crippen LogP contribution in [0.5, 0.6) is 0 Å². The minimum Gasteiger partial charge on any atom is -0.309 e. The molecule has 0 amide bonds. The van der Waals surface area contributed by atoms with E-state index >= 15 is 0 Å². The van der Waals surface area contributed by atoms with Gasteiger partial charge in [-0.25, -0.2) is 0 Å². The van der Waals surface area contributed by atoms with Crippen molar-refractivity contribution in [3.05, 3.63) is 218 Å². The number of hydrogen-bond acceptors (Lipinski definition) is 1. The van der Waals surface area contributed by atoms with E-state index in [-0.39, 0.29) is 0 Å². The van der Waals surface area contributed by atoms with Gasteiger partial charge in [0.05, 0.1) is 22.1 Å². The number of hydrogen-bond donors (Lipinski definition) is 0. The summed E-state index contributed by atoms with van der Waals surface area (Å²) in [7, 11) is -2.88. The Morgan fingerprint density at radius 2 is 0.793 bits per heavy atom. The van der Waals surface area contributed by atoms with E-state index in [1.807, 2.05) is 11.3 Å². The number of fused-ring (bicyclic) bond motifs is 10. The molecule has 0 aliphatic carbocycles. The van der Waals surface area contributed by atoms with Gasteiger partial charge in [0.2, 0.25) is 0 Å². The van der Waals surface area contributed by atoms with Gasteiger partial charge in [0.15, 0.2) is 8.07 Å². The molecule has 0 bridgehead atoms. The van der Waals surface area contributed by atoms with Crippen molar-refractivity contribution in [1.29, 1.82) is 0 Å². The zero-order valence-corrected chi connectivity index (χ0v) is 33.4. The van der Waals surface area contributed by atoms with Crippen LogP contribution < -0.4 is 20.7 Å². The second kappa shape index (κ2) is 13.0. The molecular weight excluding hydrogens is 737 g/mol. The van der Waals surface area contributed by atoms with Crippen LogP contribution in [0.25, 0.3) is 75.2 Å². The second-order valence-electron chi connectivity index (χ2n) is 15.2. The molecule has 272 valence electrons. The maximum Gasteiger partial charge on any atom is 0.179 e. The Morgan fingerprint density at radius 3 is 1.50 bits per heavy atom. The van der Waals surface area contributed by atoms with Crippen molar-refractivity contribution >= 4 is 104 Å². The van der Waals surface area contributed by atoms with Crippen LogP contribution in [0.2, 0.25) is 0 Å². The number of thiophene rings is 1. The van der Waals surface area contributed by atoms with E-state index in [1.165, 1.54) is 95.9 Å². The van der Waals surface area contributed by atoms with Gasteiger partial charge in [-0.2, -0.15) is 0 Å². The van der Waals surface area contributed by atoms with Gasteiger partial charge in [-0.15, -0.1) is 11.3 Å².